The van der Waals surface area contributed by atoms with Gasteiger partial charge in [-0.3, -0.25) is 4.79 Å². The van der Waals surface area contributed by atoms with E-state index in [9.17, 15) is 9.59 Å². The average Bonchev–Trinajstić information content (AvgIpc) is 2.74. The van der Waals surface area contributed by atoms with Gasteiger partial charge in [0.15, 0.2) is 5.43 Å². The number of esters is 1. The second-order valence-electron chi connectivity index (χ2n) is 6.23. The third kappa shape index (κ3) is 3.79. The van der Waals surface area contributed by atoms with Crippen LogP contribution in [0.1, 0.15) is 10.4 Å². The molecule has 0 aliphatic rings. The van der Waals surface area contributed by atoms with Crippen LogP contribution in [0.15, 0.2) is 86.7 Å². The molecule has 0 amide bonds. The molecule has 0 N–H and O–H groups in total. The molecule has 0 radical (unpaired) electrons. The van der Waals surface area contributed by atoms with Crippen molar-refractivity contribution in [1.29, 1.82) is 0 Å². The van der Waals surface area contributed by atoms with Crippen LogP contribution in [0.2, 0.25) is 0 Å². The van der Waals surface area contributed by atoms with Gasteiger partial charge in [-0.05, 0) is 57.9 Å². The maximum absolute atomic E-state index is 12.9. The zero-order chi connectivity index (χ0) is 20.4. The van der Waals surface area contributed by atoms with Gasteiger partial charge in [-0.2, -0.15) is 0 Å². The number of carbonyl (C=O) groups excluding carboxylic acids is 1. The number of rotatable bonds is 4. The van der Waals surface area contributed by atoms with E-state index in [1.165, 1.54) is 12.3 Å². The van der Waals surface area contributed by atoms with E-state index in [0.29, 0.717) is 38.1 Å². The fourth-order valence-corrected chi connectivity index (χ4v) is 3.38. The Hall–Kier alpha value is -3.38. The Morgan fingerprint density at radius 1 is 0.966 bits per heavy atom. The summed E-state index contributed by atoms with van der Waals surface area (Å²) in [5.74, 6) is 0.489. The highest BCUT2D eigenvalue weighted by molar-refractivity contribution is 9.10. The van der Waals surface area contributed by atoms with Crippen molar-refractivity contribution in [2.24, 2.45) is 0 Å². The summed E-state index contributed by atoms with van der Waals surface area (Å²) in [7, 11) is 1.58. The molecule has 5 nitrogen and oxygen atoms in total. The van der Waals surface area contributed by atoms with E-state index in [4.69, 9.17) is 13.9 Å². The molecule has 1 aromatic heterocycles. The van der Waals surface area contributed by atoms with E-state index in [1.54, 1.807) is 61.7 Å². The van der Waals surface area contributed by atoms with Gasteiger partial charge >= 0.3 is 5.97 Å². The second-order valence-corrected chi connectivity index (χ2v) is 7.09. The Kier molecular flexibility index (Phi) is 5.18. The van der Waals surface area contributed by atoms with Crippen molar-refractivity contribution in [3.05, 3.63) is 93.3 Å². The van der Waals surface area contributed by atoms with E-state index in [-0.39, 0.29) is 5.43 Å². The first kappa shape index (κ1) is 19.0. The number of carbonyl (C=O) groups is 1. The van der Waals surface area contributed by atoms with Crippen molar-refractivity contribution in [2.45, 2.75) is 0 Å². The van der Waals surface area contributed by atoms with Crippen LogP contribution < -0.4 is 14.9 Å². The summed E-state index contributed by atoms with van der Waals surface area (Å²) < 4.78 is 16.9. The molecule has 4 aromatic rings. The van der Waals surface area contributed by atoms with Crippen LogP contribution in [0.5, 0.6) is 11.5 Å². The first-order valence-electron chi connectivity index (χ1n) is 8.73. The number of fused-ring (bicyclic) bond motifs is 1. The lowest BCUT2D eigenvalue weighted by Gasteiger charge is -2.08. The molecule has 0 saturated carbocycles. The van der Waals surface area contributed by atoms with Crippen molar-refractivity contribution < 1.29 is 18.7 Å². The summed E-state index contributed by atoms with van der Waals surface area (Å²) in [6, 6.07) is 18.8. The minimum absolute atomic E-state index is 0.167. The van der Waals surface area contributed by atoms with Gasteiger partial charge in [0.25, 0.3) is 0 Å². The van der Waals surface area contributed by atoms with Gasteiger partial charge in [-0.1, -0.05) is 24.3 Å². The van der Waals surface area contributed by atoms with E-state index in [0.717, 1.165) is 5.56 Å². The molecule has 3 aromatic carbocycles. The molecule has 0 aliphatic heterocycles. The van der Waals surface area contributed by atoms with Crippen LogP contribution in [0.25, 0.3) is 22.1 Å². The second kappa shape index (κ2) is 7.93. The summed E-state index contributed by atoms with van der Waals surface area (Å²) in [5.41, 5.74) is 1.75. The normalized spacial score (nSPS) is 10.7. The van der Waals surface area contributed by atoms with Gasteiger partial charge in [0, 0.05) is 10.5 Å². The number of halogens is 1. The van der Waals surface area contributed by atoms with Crippen molar-refractivity contribution in [2.75, 3.05) is 7.11 Å². The maximum atomic E-state index is 12.9. The van der Waals surface area contributed by atoms with Crippen LogP contribution in [-0.2, 0) is 0 Å². The first-order chi connectivity index (χ1) is 14.1. The van der Waals surface area contributed by atoms with Crippen LogP contribution in [-0.4, -0.2) is 13.1 Å². The molecule has 29 heavy (non-hydrogen) atoms. The highest BCUT2D eigenvalue weighted by Crippen LogP contribution is 2.25. The molecule has 0 spiro atoms. The van der Waals surface area contributed by atoms with Crippen LogP contribution >= 0.6 is 15.9 Å². The van der Waals surface area contributed by atoms with E-state index in [1.807, 2.05) is 6.07 Å². The molecule has 6 heteroatoms. The van der Waals surface area contributed by atoms with Crippen LogP contribution in [0, 0.1) is 0 Å². The summed E-state index contributed by atoms with van der Waals surface area (Å²) >= 11 is 3.33. The molecule has 0 aliphatic carbocycles. The zero-order valence-electron chi connectivity index (χ0n) is 15.3. The summed E-state index contributed by atoms with van der Waals surface area (Å²) in [6.45, 7) is 0. The van der Waals surface area contributed by atoms with E-state index >= 15 is 0 Å². The van der Waals surface area contributed by atoms with E-state index < -0.39 is 5.97 Å². The highest BCUT2D eigenvalue weighted by Gasteiger charge is 2.14. The third-order valence-corrected chi connectivity index (χ3v) is 5.14. The summed E-state index contributed by atoms with van der Waals surface area (Å²) in [4.78, 5) is 25.3. The number of ether oxygens (including phenoxy) is 2. The van der Waals surface area contributed by atoms with E-state index in [2.05, 4.69) is 15.9 Å². The molecular formula is C23H15BrO5. The monoisotopic (exact) mass is 450 g/mol. The molecule has 0 atom stereocenters. The third-order valence-electron chi connectivity index (χ3n) is 4.45. The van der Waals surface area contributed by atoms with Gasteiger partial charge in [0.1, 0.15) is 23.3 Å². The molecule has 0 fully saturated rings. The SMILES string of the molecule is COc1ccc(-c2coc3cc(OC(=O)c4ccccc4Br)ccc3c2=O)cc1. The number of methoxy groups -OCH3 is 1. The molecular weight excluding hydrogens is 436 g/mol. The summed E-state index contributed by atoms with van der Waals surface area (Å²) in [6.07, 6.45) is 1.41. The van der Waals surface area contributed by atoms with Crippen molar-refractivity contribution >= 4 is 32.9 Å². The minimum atomic E-state index is -0.506. The molecule has 4 rings (SSSR count). The number of benzene rings is 3. The zero-order valence-corrected chi connectivity index (χ0v) is 16.9. The van der Waals surface area contributed by atoms with Crippen molar-refractivity contribution in [3.63, 3.8) is 0 Å². The van der Waals surface area contributed by atoms with Gasteiger partial charge < -0.3 is 13.9 Å². The Bertz CT molecular complexity index is 1260. The fraction of sp³-hybridized carbons (Fsp3) is 0.0435. The molecule has 1 heterocycles. The summed E-state index contributed by atoms with van der Waals surface area (Å²) in [5, 5.41) is 0.402. The van der Waals surface area contributed by atoms with Gasteiger partial charge in [0.2, 0.25) is 0 Å². The molecule has 144 valence electrons. The number of hydrogen-bond donors (Lipinski definition) is 0. The Morgan fingerprint density at radius 2 is 1.69 bits per heavy atom. The number of hydrogen-bond acceptors (Lipinski definition) is 5. The Morgan fingerprint density at radius 3 is 2.41 bits per heavy atom. The topological polar surface area (TPSA) is 65.7 Å². The lowest BCUT2D eigenvalue weighted by molar-refractivity contribution is 0.0734. The van der Waals surface area contributed by atoms with Gasteiger partial charge in [-0.25, -0.2) is 4.79 Å². The maximum Gasteiger partial charge on any atom is 0.344 e. The average molecular weight is 451 g/mol. The Labute approximate surface area is 174 Å². The van der Waals surface area contributed by atoms with Crippen LogP contribution in [0.4, 0.5) is 0 Å². The largest absolute Gasteiger partial charge is 0.497 e. The van der Waals surface area contributed by atoms with Crippen LogP contribution in [0.3, 0.4) is 0 Å². The quantitative estimate of drug-likeness (QED) is 0.305. The highest BCUT2D eigenvalue weighted by atomic mass is 79.9. The van der Waals surface area contributed by atoms with Crippen molar-refractivity contribution in [1.82, 2.24) is 0 Å². The van der Waals surface area contributed by atoms with Crippen molar-refractivity contribution in [3.8, 4) is 22.6 Å². The standard InChI is InChI=1S/C23H15BrO5/c1-27-15-8-6-14(7-9-15)19-13-28-21-12-16(10-11-18(21)22(19)25)29-23(26)17-4-2-3-5-20(17)24/h2-13H,1H3. The minimum Gasteiger partial charge on any atom is -0.497 e. The predicted molar refractivity (Wildman–Crippen MR) is 114 cm³/mol. The lowest BCUT2D eigenvalue weighted by Crippen LogP contribution is -2.09. The molecule has 0 bridgehead atoms. The predicted octanol–water partition coefficient (Wildman–Crippen LogP) is 5.45. The van der Waals surface area contributed by atoms with Gasteiger partial charge in [0.05, 0.1) is 23.6 Å². The van der Waals surface area contributed by atoms with Gasteiger partial charge in [-0.15, -0.1) is 0 Å². The first-order valence-corrected chi connectivity index (χ1v) is 9.53. The fourth-order valence-electron chi connectivity index (χ4n) is 2.93. The molecule has 0 saturated heterocycles. The lowest BCUT2D eigenvalue weighted by atomic mass is 10.1. The molecule has 0 unspecified atom stereocenters. The Balaban J connectivity index is 1.66. The smallest absolute Gasteiger partial charge is 0.344 e.